The molecule has 0 saturated carbocycles. The van der Waals surface area contributed by atoms with Crippen molar-refractivity contribution >= 4 is 5.91 Å². The molecule has 0 aliphatic carbocycles. The van der Waals surface area contributed by atoms with Gasteiger partial charge in [-0.15, -0.1) is 0 Å². The first-order chi connectivity index (χ1) is 8.87. The standard InChI is InChI=1S/C13H17F2NO3/c1-13(18,6-7-19-2)8-16-12(17)9-4-3-5-10(14)11(9)15/h3-5,18H,6-8H2,1-2H3,(H,16,17). The first kappa shape index (κ1) is 15.5. The largest absolute Gasteiger partial charge is 0.388 e. The van der Waals surface area contributed by atoms with E-state index in [9.17, 15) is 18.7 Å². The molecule has 1 aromatic rings. The molecule has 0 aliphatic heterocycles. The van der Waals surface area contributed by atoms with Crippen molar-refractivity contribution in [2.24, 2.45) is 0 Å². The minimum atomic E-state index is -1.20. The highest BCUT2D eigenvalue weighted by atomic mass is 19.2. The molecule has 19 heavy (non-hydrogen) atoms. The molecule has 0 aliphatic rings. The lowest BCUT2D eigenvalue weighted by Gasteiger charge is -2.23. The second kappa shape index (κ2) is 6.58. The molecule has 1 atom stereocenters. The van der Waals surface area contributed by atoms with Gasteiger partial charge < -0.3 is 15.2 Å². The summed E-state index contributed by atoms with van der Waals surface area (Å²) in [6.07, 6.45) is 0.315. The number of hydrogen-bond acceptors (Lipinski definition) is 3. The van der Waals surface area contributed by atoms with Crippen LogP contribution in [-0.4, -0.2) is 36.9 Å². The van der Waals surface area contributed by atoms with Crippen LogP contribution in [0.3, 0.4) is 0 Å². The Balaban J connectivity index is 2.63. The lowest BCUT2D eigenvalue weighted by atomic mass is 10.0. The van der Waals surface area contributed by atoms with Gasteiger partial charge in [-0.2, -0.15) is 0 Å². The van der Waals surface area contributed by atoms with Crippen LogP contribution in [0.1, 0.15) is 23.7 Å². The lowest BCUT2D eigenvalue weighted by Crippen LogP contribution is -2.41. The Morgan fingerprint density at radius 3 is 2.79 bits per heavy atom. The van der Waals surface area contributed by atoms with E-state index in [1.807, 2.05) is 0 Å². The maximum atomic E-state index is 13.4. The summed E-state index contributed by atoms with van der Waals surface area (Å²) < 4.78 is 31.1. The molecular weight excluding hydrogens is 256 g/mol. The number of ether oxygens (including phenoxy) is 1. The number of aliphatic hydroxyl groups is 1. The summed E-state index contributed by atoms with van der Waals surface area (Å²) in [5.41, 5.74) is -1.56. The molecular formula is C13H17F2NO3. The van der Waals surface area contributed by atoms with Crippen LogP contribution in [0, 0.1) is 11.6 Å². The van der Waals surface area contributed by atoms with Gasteiger partial charge in [0.2, 0.25) is 0 Å². The highest BCUT2D eigenvalue weighted by Crippen LogP contribution is 2.12. The van der Waals surface area contributed by atoms with Crippen LogP contribution in [0.15, 0.2) is 18.2 Å². The molecule has 1 rings (SSSR count). The van der Waals surface area contributed by atoms with Crippen molar-refractivity contribution in [1.82, 2.24) is 5.32 Å². The maximum Gasteiger partial charge on any atom is 0.254 e. The monoisotopic (exact) mass is 273 g/mol. The highest BCUT2D eigenvalue weighted by Gasteiger charge is 2.22. The predicted octanol–water partition coefficient (Wildman–Crippen LogP) is 1.48. The van der Waals surface area contributed by atoms with Gasteiger partial charge in [0, 0.05) is 26.7 Å². The van der Waals surface area contributed by atoms with E-state index in [4.69, 9.17) is 4.74 Å². The first-order valence-corrected chi connectivity index (χ1v) is 5.81. The summed E-state index contributed by atoms with van der Waals surface area (Å²) in [5, 5.41) is 12.3. The van der Waals surface area contributed by atoms with Gasteiger partial charge in [0.1, 0.15) is 0 Å². The van der Waals surface area contributed by atoms with Crippen molar-refractivity contribution in [2.45, 2.75) is 18.9 Å². The zero-order valence-corrected chi connectivity index (χ0v) is 10.9. The summed E-state index contributed by atoms with van der Waals surface area (Å²) >= 11 is 0. The quantitative estimate of drug-likeness (QED) is 0.825. The van der Waals surface area contributed by atoms with Crippen LogP contribution in [0.25, 0.3) is 0 Å². The smallest absolute Gasteiger partial charge is 0.254 e. The number of halogens is 2. The van der Waals surface area contributed by atoms with Crippen molar-refractivity contribution in [3.05, 3.63) is 35.4 Å². The van der Waals surface area contributed by atoms with Crippen LogP contribution in [0.4, 0.5) is 8.78 Å². The van der Waals surface area contributed by atoms with Gasteiger partial charge in [-0.05, 0) is 19.1 Å². The first-order valence-electron chi connectivity index (χ1n) is 5.81. The van der Waals surface area contributed by atoms with Gasteiger partial charge in [0.05, 0.1) is 11.2 Å². The molecule has 0 bridgehead atoms. The second-order valence-corrected chi connectivity index (χ2v) is 4.52. The van der Waals surface area contributed by atoms with Crippen LogP contribution in [0.5, 0.6) is 0 Å². The molecule has 0 spiro atoms. The maximum absolute atomic E-state index is 13.4. The van der Waals surface area contributed by atoms with Crippen LogP contribution in [0.2, 0.25) is 0 Å². The van der Waals surface area contributed by atoms with Crippen LogP contribution >= 0.6 is 0 Å². The average molecular weight is 273 g/mol. The Labute approximate surface area is 110 Å². The number of hydrogen-bond donors (Lipinski definition) is 2. The van der Waals surface area contributed by atoms with Crippen LogP contribution in [-0.2, 0) is 4.74 Å². The number of rotatable bonds is 6. The Kier molecular flexibility index (Phi) is 5.38. The molecule has 1 aromatic carbocycles. The molecule has 6 heteroatoms. The number of amides is 1. The fraction of sp³-hybridized carbons (Fsp3) is 0.462. The van der Waals surface area contributed by atoms with E-state index >= 15 is 0 Å². The number of methoxy groups -OCH3 is 1. The molecule has 0 radical (unpaired) electrons. The average Bonchev–Trinajstić information content (AvgIpc) is 2.37. The fourth-order valence-electron chi connectivity index (χ4n) is 1.46. The molecule has 0 aromatic heterocycles. The van der Waals surface area contributed by atoms with Gasteiger partial charge in [0.15, 0.2) is 11.6 Å². The normalized spacial score (nSPS) is 13.9. The minimum absolute atomic E-state index is 0.0782. The van der Waals surface area contributed by atoms with E-state index in [0.29, 0.717) is 13.0 Å². The van der Waals surface area contributed by atoms with Gasteiger partial charge in [-0.3, -0.25) is 4.79 Å². The Morgan fingerprint density at radius 1 is 1.47 bits per heavy atom. The fourth-order valence-corrected chi connectivity index (χ4v) is 1.46. The van der Waals surface area contributed by atoms with Crippen molar-refractivity contribution in [3.63, 3.8) is 0 Å². The van der Waals surface area contributed by atoms with Crippen molar-refractivity contribution < 1.29 is 23.4 Å². The summed E-state index contributed by atoms with van der Waals surface area (Å²) in [7, 11) is 1.50. The van der Waals surface area contributed by atoms with E-state index in [0.717, 1.165) is 6.07 Å². The summed E-state index contributed by atoms with van der Waals surface area (Å²) in [5.74, 6) is -3.05. The van der Waals surface area contributed by atoms with Crippen molar-refractivity contribution in [3.8, 4) is 0 Å². The highest BCUT2D eigenvalue weighted by molar-refractivity contribution is 5.94. The molecule has 4 nitrogen and oxygen atoms in total. The van der Waals surface area contributed by atoms with Crippen LogP contribution < -0.4 is 5.32 Å². The molecule has 0 heterocycles. The Morgan fingerprint density at radius 2 is 2.16 bits per heavy atom. The van der Waals surface area contributed by atoms with Crippen molar-refractivity contribution in [1.29, 1.82) is 0 Å². The number of carbonyl (C=O) groups is 1. The Bertz CT molecular complexity index is 450. The number of carbonyl (C=O) groups excluding carboxylic acids is 1. The lowest BCUT2D eigenvalue weighted by molar-refractivity contribution is 0.0243. The zero-order chi connectivity index (χ0) is 14.5. The van der Waals surface area contributed by atoms with E-state index in [1.165, 1.54) is 26.2 Å². The van der Waals surface area contributed by atoms with Gasteiger partial charge in [-0.25, -0.2) is 8.78 Å². The summed E-state index contributed by atoms with van der Waals surface area (Å²) in [6, 6.07) is 3.36. The van der Waals surface area contributed by atoms with E-state index < -0.39 is 23.1 Å². The predicted molar refractivity (Wildman–Crippen MR) is 65.8 cm³/mol. The summed E-state index contributed by atoms with van der Waals surface area (Å²) in [4.78, 5) is 11.7. The van der Waals surface area contributed by atoms with Gasteiger partial charge in [-0.1, -0.05) is 6.07 Å². The summed E-state index contributed by atoms with van der Waals surface area (Å²) in [6.45, 7) is 1.77. The zero-order valence-electron chi connectivity index (χ0n) is 10.9. The third kappa shape index (κ3) is 4.57. The topological polar surface area (TPSA) is 58.6 Å². The van der Waals surface area contributed by atoms with Gasteiger partial charge >= 0.3 is 0 Å². The number of nitrogens with one attached hydrogen (secondary N) is 1. The van der Waals surface area contributed by atoms with E-state index in [1.54, 1.807) is 0 Å². The minimum Gasteiger partial charge on any atom is -0.388 e. The number of benzene rings is 1. The van der Waals surface area contributed by atoms with E-state index in [2.05, 4.69) is 5.32 Å². The van der Waals surface area contributed by atoms with E-state index in [-0.39, 0.29) is 12.1 Å². The molecule has 0 saturated heterocycles. The third-order valence-electron chi connectivity index (χ3n) is 2.67. The molecule has 106 valence electrons. The molecule has 1 amide bonds. The molecule has 0 fully saturated rings. The van der Waals surface area contributed by atoms with Gasteiger partial charge in [0.25, 0.3) is 5.91 Å². The SMILES string of the molecule is COCCC(C)(O)CNC(=O)c1cccc(F)c1F. The Hall–Kier alpha value is -1.53. The molecule has 1 unspecified atom stereocenters. The molecule has 2 N–H and O–H groups in total. The third-order valence-corrected chi connectivity index (χ3v) is 2.67. The second-order valence-electron chi connectivity index (χ2n) is 4.52. The van der Waals surface area contributed by atoms with Crippen molar-refractivity contribution in [2.75, 3.05) is 20.3 Å².